The van der Waals surface area contributed by atoms with Gasteiger partial charge in [-0.15, -0.1) is 0 Å². The Kier molecular flexibility index (Phi) is 3.99. The van der Waals surface area contributed by atoms with Crippen LogP contribution in [0.2, 0.25) is 0 Å². The summed E-state index contributed by atoms with van der Waals surface area (Å²) in [5.74, 6) is 0.778. The molecule has 0 aliphatic heterocycles. The molecule has 2 aromatic carbocycles. The maximum Gasteiger partial charge on any atom is 0.226 e. The van der Waals surface area contributed by atoms with Gasteiger partial charge in [0.25, 0.3) is 0 Å². The normalized spacial score (nSPS) is 12.2. The van der Waals surface area contributed by atoms with E-state index in [1.165, 1.54) is 16.3 Å². The van der Waals surface area contributed by atoms with Crippen molar-refractivity contribution in [3.63, 3.8) is 0 Å². The van der Waals surface area contributed by atoms with Crippen molar-refractivity contribution in [2.75, 3.05) is 0 Å². The third-order valence-corrected chi connectivity index (χ3v) is 6.01. The molecule has 0 fully saturated rings. The van der Waals surface area contributed by atoms with Crippen LogP contribution in [0.4, 0.5) is 0 Å². The number of furan rings is 2. The topological polar surface area (TPSA) is 52.1 Å². The zero-order valence-corrected chi connectivity index (χ0v) is 18.2. The molecule has 4 heterocycles. The van der Waals surface area contributed by atoms with Crippen LogP contribution in [0, 0.1) is 0 Å². The quantitative estimate of drug-likeness (QED) is 0.288. The van der Waals surface area contributed by atoms with Crippen molar-refractivity contribution >= 4 is 32.8 Å². The highest BCUT2D eigenvalue weighted by Crippen LogP contribution is 2.39. The Bertz CT molecular complexity index is 1620. The van der Waals surface area contributed by atoms with Crippen molar-refractivity contribution in [1.29, 1.82) is 0 Å². The molecule has 4 nitrogen and oxygen atoms in total. The molecule has 0 unspecified atom stereocenters. The average Bonchev–Trinajstić information content (AvgIpc) is 3.44. The van der Waals surface area contributed by atoms with Crippen LogP contribution in [-0.4, -0.2) is 9.97 Å². The molecule has 0 aliphatic rings. The van der Waals surface area contributed by atoms with Gasteiger partial charge < -0.3 is 8.83 Å². The maximum absolute atomic E-state index is 6.42. The van der Waals surface area contributed by atoms with Gasteiger partial charge in [0.05, 0.1) is 11.6 Å². The Balaban J connectivity index is 1.60. The SMILES string of the molecule is CC(C)(C)c1cc(-c2nccc3cc(-c4ccnc5occc45)oc23)cc2ccccc12. The van der Waals surface area contributed by atoms with E-state index in [4.69, 9.17) is 13.8 Å². The highest BCUT2D eigenvalue weighted by Gasteiger charge is 2.20. The number of nitrogens with zero attached hydrogens (tertiary/aromatic N) is 2. The van der Waals surface area contributed by atoms with E-state index in [1.54, 1.807) is 12.5 Å². The standard InChI is InChI=1S/C28H22N2O2/c1-28(2,3)23-15-19(14-17-6-4-5-7-20(17)23)25-26-18(8-11-29-25)16-24(32-26)21-9-12-30-27-22(21)10-13-31-27/h4-16H,1-3H3. The lowest BCUT2D eigenvalue weighted by Crippen LogP contribution is -2.12. The number of benzene rings is 2. The molecule has 0 spiro atoms. The van der Waals surface area contributed by atoms with Gasteiger partial charge in [-0.05, 0) is 58.1 Å². The largest absolute Gasteiger partial charge is 0.454 e. The van der Waals surface area contributed by atoms with Crippen molar-refractivity contribution < 1.29 is 8.83 Å². The van der Waals surface area contributed by atoms with E-state index in [1.807, 2.05) is 24.4 Å². The van der Waals surface area contributed by atoms with Crippen molar-refractivity contribution in [2.45, 2.75) is 26.2 Å². The van der Waals surface area contributed by atoms with Gasteiger partial charge in [-0.2, -0.15) is 0 Å². The van der Waals surface area contributed by atoms with Crippen LogP contribution in [0.15, 0.2) is 88.2 Å². The molecule has 4 heteroatoms. The summed E-state index contributed by atoms with van der Waals surface area (Å²) in [7, 11) is 0. The van der Waals surface area contributed by atoms with Crippen molar-refractivity contribution in [3.05, 3.63) is 84.9 Å². The molecule has 4 aromatic heterocycles. The van der Waals surface area contributed by atoms with Crippen molar-refractivity contribution in [3.8, 4) is 22.6 Å². The molecule has 0 radical (unpaired) electrons. The summed E-state index contributed by atoms with van der Waals surface area (Å²) in [4.78, 5) is 9.03. The molecule has 6 aromatic rings. The monoisotopic (exact) mass is 418 g/mol. The first-order valence-corrected chi connectivity index (χ1v) is 10.7. The van der Waals surface area contributed by atoms with Crippen LogP contribution in [0.1, 0.15) is 26.3 Å². The molecular weight excluding hydrogens is 396 g/mol. The molecule has 0 amide bonds. The molecule has 0 bridgehead atoms. The molecule has 0 N–H and O–H groups in total. The van der Waals surface area contributed by atoms with Gasteiger partial charge in [0.1, 0.15) is 11.5 Å². The highest BCUT2D eigenvalue weighted by atomic mass is 16.3. The molecule has 0 saturated carbocycles. The van der Waals surface area contributed by atoms with E-state index in [0.29, 0.717) is 5.71 Å². The smallest absolute Gasteiger partial charge is 0.226 e. The van der Waals surface area contributed by atoms with E-state index in [9.17, 15) is 0 Å². The minimum absolute atomic E-state index is 0.00175. The van der Waals surface area contributed by atoms with Crippen LogP contribution in [-0.2, 0) is 5.41 Å². The Labute approximate surface area is 185 Å². The average molecular weight is 418 g/mol. The van der Waals surface area contributed by atoms with Crippen LogP contribution in [0.3, 0.4) is 0 Å². The number of rotatable bonds is 2. The molecule has 6 rings (SSSR count). The number of pyridine rings is 2. The first-order valence-electron chi connectivity index (χ1n) is 10.7. The molecule has 156 valence electrons. The summed E-state index contributed by atoms with van der Waals surface area (Å²) in [6, 6.07) is 20.9. The number of fused-ring (bicyclic) bond motifs is 3. The van der Waals surface area contributed by atoms with Gasteiger partial charge in [0.2, 0.25) is 5.71 Å². The number of hydrogen-bond acceptors (Lipinski definition) is 4. The van der Waals surface area contributed by atoms with Crippen LogP contribution in [0.25, 0.3) is 55.4 Å². The van der Waals surface area contributed by atoms with Crippen LogP contribution >= 0.6 is 0 Å². The molecular formula is C28H22N2O2. The van der Waals surface area contributed by atoms with Gasteiger partial charge in [-0.25, -0.2) is 4.98 Å². The highest BCUT2D eigenvalue weighted by molar-refractivity contribution is 5.99. The second-order valence-corrected chi connectivity index (χ2v) is 9.18. The molecule has 0 aliphatic carbocycles. The summed E-state index contributed by atoms with van der Waals surface area (Å²) in [5, 5.41) is 4.43. The van der Waals surface area contributed by atoms with E-state index in [-0.39, 0.29) is 5.41 Å². The second-order valence-electron chi connectivity index (χ2n) is 9.18. The van der Waals surface area contributed by atoms with Gasteiger partial charge >= 0.3 is 0 Å². The maximum atomic E-state index is 6.42. The third kappa shape index (κ3) is 2.91. The Morgan fingerprint density at radius 3 is 2.50 bits per heavy atom. The minimum Gasteiger partial charge on any atom is -0.454 e. The lowest BCUT2D eigenvalue weighted by atomic mass is 9.82. The summed E-state index contributed by atoms with van der Waals surface area (Å²) < 4.78 is 11.9. The van der Waals surface area contributed by atoms with Gasteiger partial charge in [0, 0.05) is 28.9 Å². The second kappa shape index (κ2) is 6.79. The third-order valence-electron chi connectivity index (χ3n) is 6.01. The lowest BCUT2D eigenvalue weighted by Gasteiger charge is -2.22. The van der Waals surface area contributed by atoms with Crippen LogP contribution < -0.4 is 0 Å². The first-order chi connectivity index (χ1) is 15.5. The fourth-order valence-corrected chi connectivity index (χ4v) is 4.46. The fraction of sp³-hybridized carbons (Fsp3) is 0.143. The molecule has 32 heavy (non-hydrogen) atoms. The molecule has 0 saturated heterocycles. The Morgan fingerprint density at radius 2 is 1.62 bits per heavy atom. The van der Waals surface area contributed by atoms with Crippen LogP contribution in [0.5, 0.6) is 0 Å². The van der Waals surface area contributed by atoms with Gasteiger partial charge in [-0.3, -0.25) is 4.98 Å². The summed E-state index contributed by atoms with van der Waals surface area (Å²) in [6.07, 6.45) is 5.25. The first kappa shape index (κ1) is 18.8. The predicted octanol–water partition coefficient (Wildman–Crippen LogP) is 7.75. The minimum atomic E-state index is 0.00175. The van der Waals surface area contributed by atoms with Gasteiger partial charge in [-0.1, -0.05) is 45.0 Å². The lowest BCUT2D eigenvalue weighted by molar-refractivity contribution is 0.596. The number of aromatic nitrogens is 2. The molecule has 0 atom stereocenters. The summed E-state index contributed by atoms with van der Waals surface area (Å²) in [5.41, 5.74) is 5.55. The van der Waals surface area contributed by atoms with E-state index < -0.39 is 0 Å². The fourth-order valence-electron chi connectivity index (χ4n) is 4.46. The van der Waals surface area contributed by atoms with Crippen molar-refractivity contribution in [2.24, 2.45) is 0 Å². The van der Waals surface area contributed by atoms with E-state index >= 15 is 0 Å². The Hall–Kier alpha value is -3.92. The number of hydrogen-bond donors (Lipinski definition) is 0. The van der Waals surface area contributed by atoms with E-state index in [0.717, 1.165) is 38.9 Å². The summed E-state index contributed by atoms with van der Waals surface area (Å²) in [6.45, 7) is 6.74. The van der Waals surface area contributed by atoms with Crippen molar-refractivity contribution in [1.82, 2.24) is 9.97 Å². The van der Waals surface area contributed by atoms with Gasteiger partial charge in [0.15, 0.2) is 5.58 Å². The predicted molar refractivity (Wildman–Crippen MR) is 129 cm³/mol. The zero-order chi connectivity index (χ0) is 21.9. The van der Waals surface area contributed by atoms with E-state index in [2.05, 4.69) is 68.2 Å². The summed E-state index contributed by atoms with van der Waals surface area (Å²) >= 11 is 0. The zero-order valence-electron chi connectivity index (χ0n) is 18.2. The Morgan fingerprint density at radius 1 is 0.781 bits per heavy atom.